The highest BCUT2D eigenvalue weighted by molar-refractivity contribution is 7.88. The van der Waals surface area contributed by atoms with E-state index in [2.05, 4.69) is 47.1 Å². The topological polar surface area (TPSA) is 96.6 Å². The van der Waals surface area contributed by atoms with Crippen molar-refractivity contribution in [2.24, 2.45) is 10.7 Å². The minimum absolute atomic E-state index is 0.0374. The second-order valence-corrected chi connectivity index (χ2v) is 8.19. The summed E-state index contributed by atoms with van der Waals surface area (Å²) in [4.78, 5) is 4.41. The van der Waals surface area contributed by atoms with Crippen molar-refractivity contribution in [3.8, 4) is 0 Å². The summed E-state index contributed by atoms with van der Waals surface area (Å²) in [6.45, 7) is 4.65. The number of nitrogens with one attached hydrogen (secondary N) is 2. The standard InChI is InChI=1S/C20H28N4O2S/c1-4-17-7-6-8-18(5-2)19(17)24-20(21)23-13-15-9-11-16(12-10-15)14-27(25,26)22-3/h6-12,22H,4-5,13-14H2,1-3H3,(H3,21,23,24). The first-order valence-electron chi connectivity index (χ1n) is 9.05. The summed E-state index contributed by atoms with van der Waals surface area (Å²) in [6, 6.07) is 13.6. The maximum Gasteiger partial charge on any atom is 0.215 e. The number of sulfonamides is 1. The molecule has 0 saturated heterocycles. The molecule has 6 nitrogen and oxygen atoms in total. The van der Waals surface area contributed by atoms with Gasteiger partial charge >= 0.3 is 0 Å². The number of hydrogen-bond acceptors (Lipinski definition) is 3. The predicted octanol–water partition coefficient (Wildman–Crippen LogP) is 2.79. The van der Waals surface area contributed by atoms with E-state index in [0.29, 0.717) is 12.5 Å². The molecule has 0 aromatic heterocycles. The second kappa shape index (κ2) is 9.53. The van der Waals surface area contributed by atoms with Gasteiger partial charge in [-0.3, -0.25) is 0 Å². The number of nitrogens with zero attached hydrogens (tertiary/aromatic N) is 1. The van der Waals surface area contributed by atoms with Crippen LogP contribution in [0.5, 0.6) is 0 Å². The van der Waals surface area contributed by atoms with Crippen LogP contribution in [0, 0.1) is 0 Å². The molecule has 2 rings (SSSR count). The Kier molecular flexibility index (Phi) is 7.38. The fraction of sp³-hybridized carbons (Fsp3) is 0.350. The van der Waals surface area contributed by atoms with Crippen LogP contribution in [-0.2, 0) is 35.2 Å². The lowest BCUT2D eigenvalue weighted by atomic mass is 10.0. The molecule has 0 aliphatic carbocycles. The van der Waals surface area contributed by atoms with E-state index in [9.17, 15) is 8.42 Å². The third-order valence-corrected chi connectivity index (χ3v) is 5.71. The summed E-state index contributed by atoms with van der Waals surface area (Å²) in [5.41, 5.74) is 11.2. The van der Waals surface area contributed by atoms with Gasteiger partial charge in [0.15, 0.2) is 5.96 Å². The fourth-order valence-corrected chi connectivity index (χ4v) is 3.56. The number of guanidine groups is 1. The molecule has 0 amide bonds. The molecule has 0 saturated carbocycles. The van der Waals surface area contributed by atoms with Crippen molar-refractivity contribution in [3.05, 3.63) is 64.7 Å². The van der Waals surface area contributed by atoms with Crippen molar-refractivity contribution < 1.29 is 8.42 Å². The van der Waals surface area contributed by atoms with E-state index >= 15 is 0 Å². The number of anilines is 1. The molecule has 0 spiro atoms. The van der Waals surface area contributed by atoms with Crippen LogP contribution in [0.25, 0.3) is 0 Å². The zero-order chi connectivity index (χ0) is 19.9. The quantitative estimate of drug-likeness (QED) is 0.478. The van der Waals surface area contributed by atoms with Crippen LogP contribution in [0.2, 0.25) is 0 Å². The van der Waals surface area contributed by atoms with E-state index in [4.69, 9.17) is 5.73 Å². The molecule has 2 aromatic rings. The van der Waals surface area contributed by atoms with Gasteiger partial charge in [0.1, 0.15) is 0 Å². The van der Waals surface area contributed by atoms with Gasteiger partial charge in [0.25, 0.3) is 0 Å². The van der Waals surface area contributed by atoms with Crippen LogP contribution in [-0.4, -0.2) is 21.4 Å². The average Bonchev–Trinajstić information content (AvgIpc) is 2.67. The van der Waals surface area contributed by atoms with Gasteiger partial charge in [0.2, 0.25) is 10.0 Å². The van der Waals surface area contributed by atoms with Crippen molar-refractivity contribution in [3.63, 3.8) is 0 Å². The summed E-state index contributed by atoms with van der Waals surface area (Å²) < 4.78 is 25.5. The number of aliphatic imine (C=N–C) groups is 1. The minimum atomic E-state index is -3.27. The molecule has 0 aliphatic heterocycles. The van der Waals surface area contributed by atoms with E-state index in [1.54, 1.807) is 12.1 Å². The lowest BCUT2D eigenvalue weighted by molar-refractivity contribution is 0.587. The molecule has 0 radical (unpaired) electrons. The Morgan fingerprint density at radius 2 is 1.56 bits per heavy atom. The van der Waals surface area contributed by atoms with E-state index in [-0.39, 0.29) is 5.75 Å². The second-order valence-electron chi connectivity index (χ2n) is 6.26. The van der Waals surface area contributed by atoms with Crippen LogP contribution in [0.15, 0.2) is 47.5 Å². The third-order valence-electron chi connectivity index (χ3n) is 4.37. The molecule has 7 heteroatoms. The first-order valence-corrected chi connectivity index (χ1v) is 10.7. The SMILES string of the molecule is CCc1cccc(CC)c1NC(N)=NCc1ccc(CS(=O)(=O)NC)cc1. The average molecular weight is 389 g/mol. The van der Waals surface area contributed by atoms with Gasteiger partial charge in [-0.05, 0) is 42.1 Å². The largest absolute Gasteiger partial charge is 0.370 e. The maximum absolute atomic E-state index is 11.6. The van der Waals surface area contributed by atoms with Crippen molar-refractivity contribution in [1.82, 2.24) is 4.72 Å². The summed E-state index contributed by atoms with van der Waals surface area (Å²) in [5, 5.41) is 3.24. The Morgan fingerprint density at radius 3 is 2.07 bits per heavy atom. The lowest BCUT2D eigenvalue weighted by Crippen LogP contribution is -2.24. The summed E-state index contributed by atoms with van der Waals surface area (Å²) in [7, 11) is -1.86. The van der Waals surface area contributed by atoms with Crippen molar-refractivity contribution in [2.45, 2.75) is 39.0 Å². The van der Waals surface area contributed by atoms with Crippen molar-refractivity contribution >= 4 is 21.7 Å². The lowest BCUT2D eigenvalue weighted by Gasteiger charge is -2.14. The Balaban J connectivity index is 2.06. The number of para-hydroxylation sites is 1. The first kappa shape index (κ1) is 20.9. The monoisotopic (exact) mass is 388 g/mol. The van der Waals surface area contributed by atoms with Crippen LogP contribution in [0.3, 0.4) is 0 Å². The number of rotatable bonds is 8. The zero-order valence-electron chi connectivity index (χ0n) is 16.1. The van der Waals surface area contributed by atoms with E-state index in [0.717, 1.165) is 29.7 Å². The fourth-order valence-electron chi connectivity index (χ4n) is 2.78. The molecule has 0 aliphatic rings. The highest BCUT2D eigenvalue weighted by Gasteiger charge is 2.09. The predicted molar refractivity (Wildman–Crippen MR) is 112 cm³/mol. The summed E-state index contributed by atoms with van der Waals surface area (Å²) >= 11 is 0. The van der Waals surface area contributed by atoms with Crippen LogP contribution in [0.1, 0.15) is 36.1 Å². The van der Waals surface area contributed by atoms with Crippen LogP contribution >= 0.6 is 0 Å². The number of aryl methyl sites for hydroxylation is 2. The first-order chi connectivity index (χ1) is 12.9. The molecule has 146 valence electrons. The molecule has 0 bridgehead atoms. The van der Waals surface area contributed by atoms with Gasteiger partial charge in [-0.2, -0.15) is 0 Å². The third kappa shape index (κ3) is 6.08. The number of hydrogen-bond donors (Lipinski definition) is 3. The van der Waals surface area contributed by atoms with Crippen LogP contribution < -0.4 is 15.8 Å². The molecule has 0 unspecified atom stereocenters. The summed E-state index contributed by atoms with van der Waals surface area (Å²) in [6.07, 6.45) is 1.83. The Labute approximate surface area is 162 Å². The van der Waals surface area contributed by atoms with Gasteiger partial charge in [0.05, 0.1) is 12.3 Å². The summed E-state index contributed by atoms with van der Waals surface area (Å²) in [5.74, 6) is 0.331. The number of nitrogens with two attached hydrogens (primary N) is 1. The Bertz CT molecular complexity index is 868. The van der Waals surface area contributed by atoms with Crippen molar-refractivity contribution in [1.29, 1.82) is 0 Å². The van der Waals surface area contributed by atoms with Gasteiger partial charge in [-0.25, -0.2) is 18.1 Å². The van der Waals surface area contributed by atoms with E-state index in [1.165, 1.54) is 18.2 Å². The van der Waals surface area contributed by atoms with Gasteiger partial charge in [0, 0.05) is 5.69 Å². The molecule has 0 atom stereocenters. The number of benzene rings is 2. The normalized spacial score (nSPS) is 12.2. The highest BCUT2D eigenvalue weighted by atomic mass is 32.2. The molecular formula is C20H28N4O2S. The smallest absolute Gasteiger partial charge is 0.215 e. The van der Waals surface area contributed by atoms with Gasteiger partial charge < -0.3 is 11.1 Å². The molecule has 2 aromatic carbocycles. The van der Waals surface area contributed by atoms with Gasteiger partial charge in [-0.1, -0.05) is 56.3 Å². The molecule has 4 N–H and O–H groups in total. The highest BCUT2D eigenvalue weighted by Crippen LogP contribution is 2.22. The Hall–Kier alpha value is -2.38. The van der Waals surface area contributed by atoms with E-state index < -0.39 is 10.0 Å². The zero-order valence-corrected chi connectivity index (χ0v) is 16.9. The van der Waals surface area contributed by atoms with Crippen LogP contribution in [0.4, 0.5) is 5.69 Å². The van der Waals surface area contributed by atoms with Gasteiger partial charge in [-0.15, -0.1) is 0 Å². The molecule has 0 fully saturated rings. The maximum atomic E-state index is 11.6. The molecule has 27 heavy (non-hydrogen) atoms. The Morgan fingerprint density at radius 1 is 1.00 bits per heavy atom. The molecule has 0 heterocycles. The minimum Gasteiger partial charge on any atom is -0.370 e. The van der Waals surface area contributed by atoms with Crippen molar-refractivity contribution in [2.75, 3.05) is 12.4 Å². The van der Waals surface area contributed by atoms with E-state index in [1.807, 2.05) is 12.1 Å². The molecular weight excluding hydrogens is 360 g/mol.